The molecule has 1 N–H and O–H groups in total. The van der Waals surface area contributed by atoms with E-state index in [-0.39, 0.29) is 0 Å². The van der Waals surface area contributed by atoms with Gasteiger partial charge >= 0.3 is 0 Å². The highest BCUT2D eigenvalue weighted by atomic mass is 79.9. The van der Waals surface area contributed by atoms with Crippen molar-refractivity contribution in [3.8, 4) is 5.75 Å². The van der Waals surface area contributed by atoms with Crippen molar-refractivity contribution < 1.29 is 4.74 Å². The lowest BCUT2D eigenvalue weighted by atomic mass is 9.65. The fourth-order valence-corrected chi connectivity index (χ4v) is 3.90. The molecule has 1 fully saturated rings. The van der Waals surface area contributed by atoms with E-state index in [4.69, 9.17) is 4.74 Å². The lowest BCUT2D eigenvalue weighted by molar-refractivity contribution is 0.132. The first-order valence-electron chi connectivity index (χ1n) is 6.81. The Balaban J connectivity index is 1.88. The van der Waals surface area contributed by atoms with Gasteiger partial charge in [0.1, 0.15) is 5.75 Å². The van der Waals surface area contributed by atoms with Crippen molar-refractivity contribution >= 4 is 15.9 Å². The van der Waals surface area contributed by atoms with E-state index in [0.717, 1.165) is 26.0 Å². The Hall–Kier alpha value is -0.540. The van der Waals surface area contributed by atoms with Crippen LogP contribution in [0.3, 0.4) is 0 Å². The maximum Gasteiger partial charge on any atom is 0.125 e. The van der Waals surface area contributed by atoms with Gasteiger partial charge in [-0.2, -0.15) is 0 Å². The molecule has 1 heterocycles. The third-order valence-corrected chi connectivity index (χ3v) is 4.81. The molecule has 1 aromatic rings. The second kappa shape index (κ2) is 4.86. The zero-order valence-electron chi connectivity index (χ0n) is 10.9. The van der Waals surface area contributed by atoms with E-state index in [1.165, 1.54) is 40.6 Å². The molecule has 0 spiro atoms. The van der Waals surface area contributed by atoms with Crippen molar-refractivity contribution in [3.63, 3.8) is 0 Å². The highest BCUT2D eigenvalue weighted by molar-refractivity contribution is 9.10. The third kappa shape index (κ3) is 2.19. The van der Waals surface area contributed by atoms with Crippen LogP contribution in [0.1, 0.15) is 30.4 Å². The number of hydrogen-bond acceptors (Lipinski definition) is 2. The van der Waals surface area contributed by atoms with Crippen LogP contribution in [0, 0.1) is 5.41 Å². The number of halogens is 1. The molecule has 0 amide bonds. The van der Waals surface area contributed by atoms with Crippen LogP contribution in [0.5, 0.6) is 5.75 Å². The van der Waals surface area contributed by atoms with E-state index in [0.29, 0.717) is 5.41 Å². The molecule has 2 nitrogen and oxygen atoms in total. The Morgan fingerprint density at radius 3 is 2.89 bits per heavy atom. The van der Waals surface area contributed by atoms with E-state index in [2.05, 4.69) is 40.4 Å². The molecule has 2 aliphatic rings. The second-order valence-corrected chi connectivity index (χ2v) is 6.63. The molecule has 0 bridgehead atoms. The van der Waals surface area contributed by atoms with E-state index < -0.39 is 0 Å². The van der Waals surface area contributed by atoms with Crippen LogP contribution in [0.2, 0.25) is 0 Å². The summed E-state index contributed by atoms with van der Waals surface area (Å²) in [4.78, 5) is 0. The van der Waals surface area contributed by atoms with Gasteiger partial charge in [-0.05, 0) is 55.0 Å². The van der Waals surface area contributed by atoms with Gasteiger partial charge in [-0.3, -0.25) is 0 Å². The van der Waals surface area contributed by atoms with Crippen LogP contribution in [-0.2, 0) is 12.8 Å². The topological polar surface area (TPSA) is 21.3 Å². The summed E-state index contributed by atoms with van der Waals surface area (Å²) in [5, 5.41) is 3.36. The molecule has 0 saturated heterocycles. The molecule has 0 atom stereocenters. The van der Waals surface area contributed by atoms with E-state index in [9.17, 15) is 0 Å². The molecular formula is C15H20BrNO. The van der Waals surface area contributed by atoms with Crippen molar-refractivity contribution in [2.45, 2.75) is 32.1 Å². The number of fused-ring (bicyclic) bond motifs is 1. The number of nitrogens with one attached hydrogen (secondary N) is 1. The summed E-state index contributed by atoms with van der Waals surface area (Å²) >= 11 is 3.63. The van der Waals surface area contributed by atoms with Crippen LogP contribution in [0.25, 0.3) is 0 Å². The highest BCUT2D eigenvalue weighted by Crippen LogP contribution is 2.46. The number of ether oxygens (including phenoxy) is 1. The van der Waals surface area contributed by atoms with Gasteiger partial charge in [0.25, 0.3) is 0 Å². The minimum atomic E-state index is 0.468. The molecule has 3 rings (SSSR count). The van der Waals surface area contributed by atoms with Gasteiger partial charge in [0, 0.05) is 17.4 Å². The number of rotatable bonds is 4. The average Bonchev–Trinajstić information content (AvgIpc) is 2.74. The van der Waals surface area contributed by atoms with Crippen LogP contribution < -0.4 is 10.1 Å². The largest absolute Gasteiger partial charge is 0.493 e. The lowest BCUT2D eigenvalue weighted by Gasteiger charge is -2.42. The quantitative estimate of drug-likeness (QED) is 0.921. The summed E-state index contributed by atoms with van der Waals surface area (Å²) in [6.07, 6.45) is 6.26. The van der Waals surface area contributed by atoms with Gasteiger partial charge in [0.05, 0.1) is 6.61 Å². The first-order chi connectivity index (χ1) is 8.72. The van der Waals surface area contributed by atoms with Crippen molar-refractivity contribution in [1.82, 2.24) is 5.32 Å². The normalized spacial score (nSPS) is 20.1. The monoisotopic (exact) mass is 309 g/mol. The Morgan fingerprint density at radius 1 is 1.39 bits per heavy atom. The smallest absolute Gasteiger partial charge is 0.125 e. The van der Waals surface area contributed by atoms with Crippen LogP contribution in [-0.4, -0.2) is 20.2 Å². The zero-order chi connectivity index (χ0) is 12.6. The van der Waals surface area contributed by atoms with Crippen LogP contribution in [0.4, 0.5) is 0 Å². The SMILES string of the molecule is CNCC1(Cc2cc(Br)cc3c2OCC3)CCC1. The Bertz CT molecular complexity index is 454. The van der Waals surface area contributed by atoms with Gasteiger partial charge in [0.15, 0.2) is 0 Å². The summed E-state index contributed by atoms with van der Waals surface area (Å²) in [5.41, 5.74) is 3.24. The first kappa shape index (κ1) is 12.5. The summed E-state index contributed by atoms with van der Waals surface area (Å²) in [6, 6.07) is 4.46. The second-order valence-electron chi connectivity index (χ2n) is 5.71. The van der Waals surface area contributed by atoms with Gasteiger partial charge in [-0.25, -0.2) is 0 Å². The summed E-state index contributed by atoms with van der Waals surface area (Å²) in [6.45, 7) is 1.96. The van der Waals surface area contributed by atoms with Gasteiger partial charge in [-0.15, -0.1) is 0 Å². The van der Waals surface area contributed by atoms with E-state index >= 15 is 0 Å². The summed E-state index contributed by atoms with van der Waals surface area (Å²) in [7, 11) is 2.06. The molecule has 0 aromatic heterocycles. The van der Waals surface area contributed by atoms with Crippen LogP contribution in [0.15, 0.2) is 16.6 Å². The third-order valence-electron chi connectivity index (χ3n) is 4.36. The molecular weight excluding hydrogens is 290 g/mol. The van der Waals surface area contributed by atoms with Crippen molar-refractivity contribution in [1.29, 1.82) is 0 Å². The van der Waals surface area contributed by atoms with Crippen molar-refractivity contribution in [2.24, 2.45) is 5.41 Å². The maximum atomic E-state index is 5.84. The highest BCUT2D eigenvalue weighted by Gasteiger charge is 2.37. The minimum Gasteiger partial charge on any atom is -0.493 e. The van der Waals surface area contributed by atoms with Gasteiger partial charge in [0.2, 0.25) is 0 Å². The van der Waals surface area contributed by atoms with Crippen molar-refractivity contribution in [2.75, 3.05) is 20.2 Å². The van der Waals surface area contributed by atoms with Gasteiger partial charge < -0.3 is 10.1 Å². The minimum absolute atomic E-state index is 0.468. The summed E-state index contributed by atoms with van der Waals surface area (Å²) in [5.74, 6) is 1.17. The molecule has 98 valence electrons. The molecule has 1 aliphatic carbocycles. The molecule has 1 saturated carbocycles. The van der Waals surface area contributed by atoms with Gasteiger partial charge in [-0.1, -0.05) is 22.4 Å². The van der Waals surface area contributed by atoms with E-state index in [1.807, 2.05) is 0 Å². The average molecular weight is 310 g/mol. The van der Waals surface area contributed by atoms with Crippen LogP contribution >= 0.6 is 15.9 Å². The van der Waals surface area contributed by atoms with Crippen molar-refractivity contribution in [3.05, 3.63) is 27.7 Å². The Morgan fingerprint density at radius 2 is 2.22 bits per heavy atom. The van der Waals surface area contributed by atoms with E-state index in [1.54, 1.807) is 0 Å². The predicted octanol–water partition coefficient (Wildman–Crippen LogP) is 3.32. The Labute approximate surface area is 117 Å². The zero-order valence-corrected chi connectivity index (χ0v) is 12.5. The first-order valence-corrected chi connectivity index (χ1v) is 7.60. The molecule has 1 aliphatic heterocycles. The summed E-state index contributed by atoms with van der Waals surface area (Å²) < 4.78 is 7.03. The fraction of sp³-hybridized carbons (Fsp3) is 0.600. The molecule has 18 heavy (non-hydrogen) atoms. The number of benzene rings is 1. The molecule has 0 radical (unpaired) electrons. The predicted molar refractivity (Wildman–Crippen MR) is 77.3 cm³/mol. The molecule has 0 unspecified atom stereocenters. The lowest BCUT2D eigenvalue weighted by Crippen LogP contribution is -2.40. The fourth-order valence-electron chi connectivity index (χ4n) is 3.35. The number of hydrogen-bond donors (Lipinski definition) is 1. The standard InChI is InChI=1S/C15H20BrNO/c1-17-10-15(4-2-5-15)9-12-8-13(16)7-11-3-6-18-14(11)12/h7-8,17H,2-6,9-10H2,1H3. The maximum absolute atomic E-state index is 5.84. The molecule has 1 aromatic carbocycles. The molecule has 3 heteroatoms. The Kier molecular flexibility index (Phi) is 3.37.